The molecule has 1 aliphatic rings. The van der Waals surface area contributed by atoms with Gasteiger partial charge in [-0.05, 0) is 41.5 Å². The molecular formula is C27H21N3O5S. The number of rotatable bonds is 6. The number of methoxy groups -OCH3 is 1. The van der Waals surface area contributed by atoms with E-state index in [1.165, 1.54) is 15.9 Å². The summed E-state index contributed by atoms with van der Waals surface area (Å²) in [6.45, 7) is 0.711. The Morgan fingerprint density at radius 2 is 1.86 bits per heavy atom. The van der Waals surface area contributed by atoms with Crippen LogP contribution in [0.25, 0.3) is 11.0 Å². The molecule has 0 amide bonds. The largest absolute Gasteiger partial charge is 0.493 e. The van der Waals surface area contributed by atoms with E-state index in [0.29, 0.717) is 44.9 Å². The summed E-state index contributed by atoms with van der Waals surface area (Å²) in [5, 5.41) is 4.41. The SMILES string of the molecule is COc1cc(/C=c2/sc3nc([C@@H]4COc5ccccc5O4)nn3c2=O)ccc1OCc1ccccc1. The summed E-state index contributed by atoms with van der Waals surface area (Å²) < 4.78 is 25.0. The van der Waals surface area contributed by atoms with Gasteiger partial charge in [0, 0.05) is 0 Å². The third kappa shape index (κ3) is 4.25. The van der Waals surface area contributed by atoms with Crippen LogP contribution in [0.5, 0.6) is 23.0 Å². The molecule has 6 rings (SSSR count). The maximum Gasteiger partial charge on any atom is 0.291 e. The quantitative estimate of drug-likeness (QED) is 0.351. The van der Waals surface area contributed by atoms with Crippen molar-refractivity contribution >= 4 is 22.4 Å². The highest BCUT2D eigenvalue weighted by molar-refractivity contribution is 7.15. The van der Waals surface area contributed by atoms with Gasteiger partial charge in [-0.3, -0.25) is 4.79 Å². The van der Waals surface area contributed by atoms with Crippen LogP contribution >= 0.6 is 11.3 Å². The fraction of sp³-hybridized carbons (Fsp3) is 0.148. The first-order chi connectivity index (χ1) is 17.7. The molecule has 0 unspecified atom stereocenters. The van der Waals surface area contributed by atoms with Crippen molar-refractivity contribution in [2.24, 2.45) is 0 Å². The minimum Gasteiger partial charge on any atom is -0.493 e. The molecule has 36 heavy (non-hydrogen) atoms. The summed E-state index contributed by atoms with van der Waals surface area (Å²) in [7, 11) is 1.59. The van der Waals surface area contributed by atoms with Crippen LogP contribution in [0.2, 0.25) is 0 Å². The van der Waals surface area contributed by atoms with Crippen LogP contribution in [0.4, 0.5) is 0 Å². The average Bonchev–Trinajstić information content (AvgIpc) is 3.47. The Hall–Kier alpha value is -4.37. The van der Waals surface area contributed by atoms with E-state index >= 15 is 0 Å². The molecule has 0 saturated carbocycles. The summed E-state index contributed by atoms with van der Waals surface area (Å²) in [5.41, 5.74) is 1.63. The third-order valence-electron chi connectivity index (χ3n) is 5.72. The van der Waals surface area contributed by atoms with Gasteiger partial charge in [-0.1, -0.05) is 59.9 Å². The Kier molecular flexibility index (Phi) is 5.74. The lowest BCUT2D eigenvalue weighted by Crippen LogP contribution is -2.26. The lowest BCUT2D eigenvalue weighted by atomic mass is 10.2. The highest BCUT2D eigenvalue weighted by Crippen LogP contribution is 2.35. The molecule has 0 aliphatic carbocycles. The number of hydrogen-bond donors (Lipinski definition) is 0. The minimum atomic E-state index is -0.480. The van der Waals surface area contributed by atoms with E-state index in [9.17, 15) is 4.79 Å². The van der Waals surface area contributed by atoms with Gasteiger partial charge in [-0.2, -0.15) is 9.50 Å². The van der Waals surface area contributed by atoms with Gasteiger partial charge in [0.05, 0.1) is 11.6 Å². The van der Waals surface area contributed by atoms with Gasteiger partial charge in [-0.15, -0.1) is 5.10 Å². The molecule has 0 radical (unpaired) electrons. The molecule has 0 bridgehead atoms. The van der Waals surface area contributed by atoms with E-state index in [0.717, 1.165) is 11.1 Å². The van der Waals surface area contributed by atoms with Crippen LogP contribution in [-0.4, -0.2) is 28.3 Å². The normalized spacial score (nSPS) is 15.2. The fourth-order valence-electron chi connectivity index (χ4n) is 3.91. The van der Waals surface area contributed by atoms with Gasteiger partial charge < -0.3 is 18.9 Å². The number of thiazole rings is 1. The predicted octanol–water partition coefficient (Wildman–Crippen LogP) is 3.80. The van der Waals surface area contributed by atoms with Gasteiger partial charge in [0.2, 0.25) is 4.96 Å². The number of fused-ring (bicyclic) bond motifs is 2. The van der Waals surface area contributed by atoms with Crippen molar-refractivity contribution in [3.63, 3.8) is 0 Å². The number of para-hydroxylation sites is 2. The second kappa shape index (κ2) is 9.35. The van der Waals surface area contributed by atoms with E-state index in [1.54, 1.807) is 13.2 Å². The molecule has 8 nitrogen and oxygen atoms in total. The molecular weight excluding hydrogens is 478 g/mol. The van der Waals surface area contributed by atoms with Crippen LogP contribution in [0, 0.1) is 0 Å². The number of ether oxygens (including phenoxy) is 4. The second-order valence-electron chi connectivity index (χ2n) is 8.13. The van der Waals surface area contributed by atoms with Crippen LogP contribution < -0.4 is 29.0 Å². The van der Waals surface area contributed by atoms with E-state index < -0.39 is 6.10 Å². The van der Waals surface area contributed by atoms with Crippen molar-refractivity contribution in [2.45, 2.75) is 12.7 Å². The van der Waals surface area contributed by atoms with E-state index in [2.05, 4.69) is 10.1 Å². The van der Waals surface area contributed by atoms with Crippen molar-refractivity contribution < 1.29 is 18.9 Å². The molecule has 3 aromatic carbocycles. The molecule has 0 fully saturated rings. The van der Waals surface area contributed by atoms with E-state index in [4.69, 9.17) is 18.9 Å². The standard InChI is InChI=1S/C27H21N3O5S/c1-32-22-13-18(11-12-20(22)33-15-17-7-3-2-4-8-17)14-24-26(31)30-27(36-24)28-25(29-30)23-16-34-19-9-5-6-10-21(19)35-23/h2-14,23H,15-16H2,1H3/b24-14+/t23-/m0/s1. The fourth-order valence-corrected chi connectivity index (χ4v) is 4.83. The Morgan fingerprint density at radius 3 is 2.67 bits per heavy atom. The molecule has 3 heterocycles. The molecule has 0 saturated heterocycles. The van der Waals surface area contributed by atoms with Crippen molar-refractivity contribution in [2.75, 3.05) is 13.7 Å². The van der Waals surface area contributed by atoms with Gasteiger partial charge in [-0.25, -0.2) is 0 Å². The highest BCUT2D eigenvalue weighted by atomic mass is 32.1. The minimum absolute atomic E-state index is 0.241. The van der Waals surface area contributed by atoms with Crippen LogP contribution in [0.15, 0.2) is 77.6 Å². The van der Waals surface area contributed by atoms with Crippen molar-refractivity contribution in [1.29, 1.82) is 0 Å². The zero-order valence-corrected chi connectivity index (χ0v) is 20.1. The number of nitrogens with zero attached hydrogens (tertiary/aromatic N) is 3. The Labute approximate surface area is 210 Å². The molecule has 9 heteroatoms. The lowest BCUT2D eigenvalue weighted by Gasteiger charge is -2.24. The average molecular weight is 500 g/mol. The zero-order valence-electron chi connectivity index (χ0n) is 19.3. The first-order valence-electron chi connectivity index (χ1n) is 11.3. The van der Waals surface area contributed by atoms with Gasteiger partial charge in [0.15, 0.2) is 34.9 Å². The van der Waals surface area contributed by atoms with Crippen LogP contribution in [0.1, 0.15) is 23.1 Å². The highest BCUT2D eigenvalue weighted by Gasteiger charge is 2.27. The maximum atomic E-state index is 13.0. The van der Waals surface area contributed by atoms with Gasteiger partial charge in [0.25, 0.3) is 5.56 Å². The summed E-state index contributed by atoms with van der Waals surface area (Å²) in [5.74, 6) is 2.95. The summed E-state index contributed by atoms with van der Waals surface area (Å²) in [6.07, 6.45) is 1.31. The van der Waals surface area contributed by atoms with Crippen molar-refractivity contribution in [3.8, 4) is 23.0 Å². The first kappa shape index (κ1) is 22.1. The van der Waals surface area contributed by atoms with Crippen LogP contribution in [-0.2, 0) is 6.61 Å². The monoisotopic (exact) mass is 499 g/mol. The Balaban J connectivity index is 1.24. The van der Waals surface area contributed by atoms with Crippen LogP contribution in [0.3, 0.4) is 0 Å². The zero-order chi connectivity index (χ0) is 24.5. The Bertz CT molecular complexity index is 1650. The number of aromatic nitrogens is 3. The molecule has 0 N–H and O–H groups in total. The Morgan fingerprint density at radius 1 is 1.06 bits per heavy atom. The maximum absolute atomic E-state index is 13.0. The van der Waals surface area contributed by atoms with Crippen molar-refractivity contribution in [3.05, 3.63) is 105 Å². The van der Waals surface area contributed by atoms with Gasteiger partial charge >= 0.3 is 0 Å². The third-order valence-corrected chi connectivity index (χ3v) is 6.68. The van der Waals surface area contributed by atoms with E-state index in [1.807, 2.05) is 72.8 Å². The molecule has 1 aliphatic heterocycles. The molecule has 1 atom stereocenters. The lowest BCUT2D eigenvalue weighted by molar-refractivity contribution is 0.0852. The van der Waals surface area contributed by atoms with E-state index in [-0.39, 0.29) is 12.2 Å². The molecule has 2 aromatic heterocycles. The predicted molar refractivity (Wildman–Crippen MR) is 135 cm³/mol. The summed E-state index contributed by atoms with van der Waals surface area (Å²) in [6, 6.07) is 22.9. The van der Waals surface area contributed by atoms with Crippen molar-refractivity contribution in [1.82, 2.24) is 14.6 Å². The van der Waals surface area contributed by atoms with Gasteiger partial charge in [0.1, 0.15) is 13.2 Å². The second-order valence-corrected chi connectivity index (χ2v) is 9.14. The smallest absolute Gasteiger partial charge is 0.291 e. The summed E-state index contributed by atoms with van der Waals surface area (Å²) >= 11 is 1.27. The molecule has 180 valence electrons. The first-order valence-corrected chi connectivity index (χ1v) is 12.1. The molecule has 5 aromatic rings. The topological polar surface area (TPSA) is 84.2 Å². The number of hydrogen-bond acceptors (Lipinski definition) is 8. The number of benzene rings is 3. The summed E-state index contributed by atoms with van der Waals surface area (Å²) in [4.78, 5) is 18.1. The molecule has 0 spiro atoms.